The third kappa shape index (κ3) is 4.44. The second-order valence-corrected chi connectivity index (χ2v) is 7.68. The minimum Gasteiger partial charge on any atom is -0.395 e. The zero-order chi connectivity index (χ0) is 20.2. The maximum Gasteiger partial charge on any atom is 0.167 e. The maximum absolute atomic E-state index is 12.7. The summed E-state index contributed by atoms with van der Waals surface area (Å²) in [5.41, 5.74) is 5.03. The summed E-state index contributed by atoms with van der Waals surface area (Å²) in [6.07, 6.45) is 22.8. The van der Waals surface area contributed by atoms with Gasteiger partial charge in [-0.2, -0.15) is 0 Å². The zero-order valence-corrected chi connectivity index (χ0v) is 16.3. The molecule has 0 amide bonds. The highest BCUT2D eigenvalue weighted by Crippen LogP contribution is 2.33. The van der Waals surface area contributed by atoms with Crippen LogP contribution < -0.4 is 5.32 Å². The van der Waals surface area contributed by atoms with Crippen LogP contribution in [0.3, 0.4) is 0 Å². The molecule has 4 heteroatoms. The smallest absolute Gasteiger partial charge is 0.167 e. The molecular formula is C25H25NO3. The van der Waals surface area contributed by atoms with Crippen LogP contribution >= 0.6 is 0 Å². The fraction of sp³-hybridized carbons (Fsp3) is 0.280. The Bertz CT molecular complexity index is 966. The van der Waals surface area contributed by atoms with Crippen molar-refractivity contribution in [3.8, 4) is 0 Å². The number of ketones is 2. The summed E-state index contributed by atoms with van der Waals surface area (Å²) in [5.74, 6) is 0.0220. The van der Waals surface area contributed by atoms with E-state index in [0.717, 1.165) is 17.7 Å². The number of hydrogen-bond donors (Lipinski definition) is 2. The first-order valence-electron chi connectivity index (χ1n) is 10.1. The molecule has 0 spiro atoms. The summed E-state index contributed by atoms with van der Waals surface area (Å²) in [4.78, 5) is 25.0. The van der Waals surface area contributed by atoms with Crippen LogP contribution in [0.25, 0.3) is 0 Å². The minimum absolute atomic E-state index is 0.0152. The first-order valence-corrected chi connectivity index (χ1v) is 10.1. The number of rotatable bonds is 8. The highest BCUT2D eigenvalue weighted by molar-refractivity contribution is 6.09. The topological polar surface area (TPSA) is 66.4 Å². The van der Waals surface area contributed by atoms with Crippen molar-refractivity contribution in [3.05, 3.63) is 94.7 Å². The second-order valence-electron chi connectivity index (χ2n) is 7.68. The van der Waals surface area contributed by atoms with E-state index in [1.54, 1.807) is 0 Å². The molecule has 4 nitrogen and oxygen atoms in total. The van der Waals surface area contributed by atoms with E-state index in [9.17, 15) is 9.59 Å². The van der Waals surface area contributed by atoms with E-state index in [1.165, 1.54) is 17.2 Å². The Morgan fingerprint density at radius 2 is 1.86 bits per heavy atom. The Hall–Kier alpha value is -2.82. The highest BCUT2D eigenvalue weighted by atomic mass is 16.3. The quantitative estimate of drug-likeness (QED) is 0.628. The van der Waals surface area contributed by atoms with Crippen LogP contribution in [0.5, 0.6) is 0 Å². The van der Waals surface area contributed by atoms with Crippen LogP contribution in [-0.4, -0.2) is 36.4 Å². The fourth-order valence-electron chi connectivity index (χ4n) is 4.04. The molecule has 0 radical (unpaired) electrons. The molecule has 0 heterocycles. The van der Waals surface area contributed by atoms with E-state index in [2.05, 4.69) is 35.7 Å². The monoisotopic (exact) mass is 387 g/mol. The van der Waals surface area contributed by atoms with Crippen molar-refractivity contribution >= 4 is 11.6 Å². The van der Waals surface area contributed by atoms with Crippen molar-refractivity contribution in [2.24, 2.45) is 11.8 Å². The third-order valence-electron chi connectivity index (χ3n) is 5.58. The van der Waals surface area contributed by atoms with E-state index in [1.807, 2.05) is 30.4 Å². The lowest BCUT2D eigenvalue weighted by Crippen LogP contribution is -2.21. The molecule has 2 atom stereocenters. The lowest BCUT2D eigenvalue weighted by Gasteiger charge is -2.19. The predicted octanol–water partition coefficient (Wildman–Crippen LogP) is 3.07. The average Bonchev–Trinajstić information content (AvgIpc) is 3.14. The van der Waals surface area contributed by atoms with Gasteiger partial charge < -0.3 is 10.4 Å². The van der Waals surface area contributed by atoms with Crippen molar-refractivity contribution < 1.29 is 14.7 Å². The number of Topliss-reactive ketones (excluding diaryl/α,β-unsaturated/α-hetero) is 1. The molecule has 0 fully saturated rings. The number of carbonyl (C=O) groups is 2. The van der Waals surface area contributed by atoms with Crippen molar-refractivity contribution in [2.45, 2.75) is 12.8 Å². The molecule has 4 aliphatic rings. The lowest BCUT2D eigenvalue weighted by molar-refractivity contribution is -0.118. The summed E-state index contributed by atoms with van der Waals surface area (Å²) < 4.78 is 0. The number of fused-ring (bicyclic) bond motifs is 2. The van der Waals surface area contributed by atoms with E-state index in [-0.39, 0.29) is 30.0 Å². The molecule has 2 unspecified atom stereocenters. The highest BCUT2D eigenvalue weighted by Gasteiger charge is 2.25. The lowest BCUT2D eigenvalue weighted by atomic mass is 9.83. The van der Waals surface area contributed by atoms with E-state index >= 15 is 0 Å². The van der Waals surface area contributed by atoms with Gasteiger partial charge in [-0.25, -0.2) is 0 Å². The number of aliphatic hydroxyl groups is 1. The van der Waals surface area contributed by atoms with Gasteiger partial charge in [-0.1, -0.05) is 60.3 Å². The standard InChI is InChI=1S/C25H25NO3/c27-10-9-26-16-18-5-7-19-11-17(12-21(19)13-18)6-8-24(28)22-14-20-3-1-2-4-23(20)25(29)15-22/h1-5,7,11-15,21,23,26-27H,6,8-10,16H2. The molecule has 4 aliphatic carbocycles. The van der Waals surface area contributed by atoms with E-state index < -0.39 is 0 Å². The average molecular weight is 387 g/mol. The molecule has 0 aliphatic heterocycles. The fourth-order valence-corrected chi connectivity index (χ4v) is 4.04. The second kappa shape index (κ2) is 8.68. The van der Waals surface area contributed by atoms with Gasteiger partial charge in [0.2, 0.25) is 0 Å². The molecule has 2 N–H and O–H groups in total. The predicted molar refractivity (Wildman–Crippen MR) is 114 cm³/mol. The molecule has 0 saturated heterocycles. The van der Waals surface area contributed by atoms with Crippen LogP contribution in [0.15, 0.2) is 94.7 Å². The number of aliphatic hydroxyl groups excluding tert-OH is 1. The van der Waals surface area contributed by atoms with Crippen LogP contribution in [0, 0.1) is 11.8 Å². The van der Waals surface area contributed by atoms with Gasteiger partial charge in [-0.15, -0.1) is 0 Å². The summed E-state index contributed by atoms with van der Waals surface area (Å²) in [5, 5.41) is 12.1. The summed E-state index contributed by atoms with van der Waals surface area (Å²) in [7, 11) is 0. The Balaban J connectivity index is 1.36. The molecular weight excluding hydrogens is 362 g/mol. The minimum atomic E-state index is -0.235. The van der Waals surface area contributed by atoms with Crippen LogP contribution in [0.2, 0.25) is 0 Å². The van der Waals surface area contributed by atoms with Crippen LogP contribution in [-0.2, 0) is 9.59 Å². The van der Waals surface area contributed by atoms with Gasteiger partial charge >= 0.3 is 0 Å². The number of allylic oxidation sites excluding steroid dienone is 14. The number of nitrogens with one attached hydrogen (secondary N) is 1. The Morgan fingerprint density at radius 1 is 1.00 bits per heavy atom. The third-order valence-corrected chi connectivity index (χ3v) is 5.58. The van der Waals surface area contributed by atoms with Crippen molar-refractivity contribution in [2.75, 3.05) is 19.7 Å². The summed E-state index contributed by atoms with van der Waals surface area (Å²) in [6, 6.07) is 0. The van der Waals surface area contributed by atoms with Gasteiger partial charge in [0.1, 0.15) is 0 Å². The largest absolute Gasteiger partial charge is 0.395 e. The number of hydrogen-bond acceptors (Lipinski definition) is 4. The molecule has 0 aromatic carbocycles. The maximum atomic E-state index is 12.7. The summed E-state index contributed by atoms with van der Waals surface area (Å²) in [6.45, 7) is 1.46. The molecule has 4 rings (SSSR count). The number of carbonyl (C=O) groups excluding carboxylic acids is 2. The SMILES string of the molecule is O=C(CCC1=CC2C=C(CNCCO)C=CC2=C1)C1=CC(=O)C2C=CC=CC2=C1. The van der Waals surface area contributed by atoms with Gasteiger partial charge in [0.25, 0.3) is 0 Å². The molecule has 0 aromatic heterocycles. The molecule has 0 bridgehead atoms. The van der Waals surface area contributed by atoms with Gasteiger partial charge in [-0.3, -0.25) is 9.59 Å². The molecule has 0 saturated carbocycles. The Labute approximate surface area is 171 Å². The van der Waals surface area contributed by atoms with Gasteiger partial charge in [-0.05, 0) is 35.3 Å². The Morgan fingerprint density at radius 3 is 2.72 bits per heavy atom. The van der Waals surface area contributed by atoms with E-state index in [4.69, 9.17) is 5.11 Å². The zero-order valence-electron chi connectivity index (χ0n) is 16.3. The van der Waals surface area contributed by atoms with Gasteiger partial charge in [0, 0.05) is 31.0 Å². The van der Waals surface area contributed by atoms with Crippen LogP contribution in [0.4, 0.5) is 0 Å². The van der Waals surface area contributed by atoms with Gasteiger partial charge in [0.05, 0.1) is 12.5 Å². The van der Waals surface area contributed by atoms with Crippen LogP contribution in [0.1, 0.15) is 12.8 Å². The summed E-state index contributed by atoms with van der Waals surface area (Å²) >= 11 is 0. The Kier molecular flexibility index (Phi) is 5.84. The first kappa shape index (κ1) is 19.5. The van der Waals surface area contributed by atoms with Gasteiger partial charge in [0.15, 0.2) is 11.6 Å². The van der Waals surface area contributed by atoms with Crippen molar-refractivity contribution in [1.29, 1.82) is 0 Å². The van der Waals surface area contributed by atoms with Crippen molar-refractivity contribution in [3.63, 3.8) is 0 Å². The first-order chi connectivity index (χ1) is 14.1. The van der Waals surface area contributed by atoms with Crippen molar-refractivity contribution in [1.82, 2.24) is 5.32 Å². The molecule has 29 heavy (non-hydrogen) atoms. The normalized spacial score (nSPS) is 24.3. The van der Waals surface area contributed by atoms with E-state index in [0.29, 0.717) is 25.0 Å². The molecule has 148 valence electrons. The molecule has 0 aromatic rings.